The van der Waals surface area contributed by atoms with Crippen LogP contribution in [0.2, 0.25) is 0 Å². The van der Waals surface area contributed by atoms with Gasteiger partial charge < -0.3 is 5.11 Å². The van der Waals surface area contributed by atoms with E-state index in [1.165, 1.54) is 20.9 Å². The SMILES string of the molecule is C#CC(C)(C)NS(=O)(=O)N(C)CCC(=O)O. The highest BCUT2D eigenvalue weighted by Gasteiger charge is 2.26. The Morgan fingerprint density at radius 1 is 1.56 bits per heavy atom. The van der Waals surface area contributed by atoms with E-state index in [-0.39, 0.29) is 13.0 Å². The summed E-state index contributed by atoms with van der Waals surface area (Å²) >= 11 is 0. The van der Waals surface area contributed by atoms with Crippen LogP contribution < -0.4 is 4.72 Å². The number of terminal acetylenes is 1. The molecule has 0 aliphatic heterocycles. The van der Waals surface area contributed by atoms with Crippen LogP contribution in [0, 0.1) is 12.3 Å². The molecule has 0 aromatic carbocycles. The lowest BCUT2D eigenvalue weighted by atomic mass is 10.1. The zero-order chi connectivity index (χ0) is 13.0. The molecule has 0 rings (SSSR count). The zero-order valence-electron chi connectivity index (χ0n) is 9.52. The van der Waals surface area contributed by atoms with Crippen LogP contribution in [0.15, 0.2) is 0 Å². The van der Waals surface area contributed by atoms with Gasteiger partial charge in [0.25, 0.3) is 10.2 Å². The van der Waals surface area contributed by atoms with Gasteiger partial charge in [0.2, 0.25) is 0 Å². The van der Waals surface area contributed by atoms with E-state index in [0.29, 0.717) is 0 Å². The Hall–Kier alpha value is -1.10. The van der Waals surface area contributed by atoms with Crippen molar-refractivity contribution in [3.05, 3.63) is 0 Å². The molecule has 0 aliphatic rings. The molecule has 2 N–H and O–H groups in total. The molecular formula is C9H16N2O4S. The van der Waals surface area contributed by atoms with Crippen molar-refractivity contribution in [3.8, 4) is 12.3 Å². The summed E-state index contributed by atoms with van der Waals surface area (Å²) in [5.41, 5.74) is -1.00. The maximum Gasteiger partial charge on any atom is 0.304 e. The van der Waals surface area contributed by atoms with Gasteiger partial charge in [-0.2, -0.15) is 17.4 Å². The Bertz CT molecular complexity index is 394. The Morgan fingerprint density at radius 3 is 2.44 bits per heavy atom. The Balaban J connectivity index is 4.57. The molecular weight excluding hydrogens is 232 g/mol. The number of carboxylic acids is 1. The molecule has 0 spiro atoms. The van der Waals surface area contributed by atoms with Gasteiger partial charge in [-0.15, -0.1) is 6.42 Å². The molecule has 0 fully saturated rings. The van der Waals surface area contributed by atoms with Crippen molar-refractivity contribution in [1.29, 1.82) is 0 Å². The molecule has 0 radical (unpaired) electrons. The van der Waals surface area contributed by atoms with Gasteiger partial charge in [-0.1, -0.05) is 5.92 Å². The lowest BCUT2D eigenvalue weighted by molar-refractivity contribution is -0.137. The number of rotatable bonds is 6. The number of carbonyl (C=O) groups is 1. The van der Waals surface area contributed by atoms with Crippen LogP contribution in [-0.4, -0.2) is 42.9 Å². The first kappa shape index (κ1) is 14.9. The number of carboxylic acid groups (broad SMARTS) is 1. The van der Waals surface area contributed by atoms with Crippen molar-refractivity contribution in [2.75, 3.05) is 13.6 Å². The minimum absolute atomic E-state index is 0.106. The van der Waals surface area contributed by atoms with Crippen LogP contribution in [0.5, 0.6) is 0 Å². The third-order valence-corrected chi connectivity index (χ3v) is 3.57. The Morgan fingerprint density at radius 2 is 2.06 bits per heavy atom. The molecule has 0 atom stereocenters. The summed E-state index contributed by atoms with van der Waals surface area (Å²) in [7, 11) is -2.46. The minimum atomic E-state index is -3.75. The fourth-order valence-corrected chi connectivity index (χ4v) is 1.99. The van der Waals surface area contributed by atoms with E-state index in [9.17, 15) is 13.2 Å². The highest BCUT2D eigenvalue weighted by Crippen LogP contribution is 2.05. The van der Waals surface area contributed by atoms with E-state index in [0.717, 1.165) is 4.31 Å². The summed E-state index contributed by atoms with van der Waals surface area (Å²) in [6, 6.07) is 0. The van der Waals surface area contributed by atoms with E-state index in [4.69, 9.17) is 11.5 Å². The summed E-state index contributed by atoms with van der Waals surface area (Å²) in [6.07, 6.45) is 4.89. The van der Waals surface area contributed by atoms with Crippen molar-refractivity contribution in [1.82, 2.24) is 9.03 Å². The number of nitrogens with zero attached hydrogens (tertiary/aromatic N) is 1. The maximum absolute atomic E-state index is 11.6. The second-order valence-electron chi connectivity index (χ2n) is 3.84. The maximum atomic E-state index is 11.6. The molecule has 6 nitrogen and oxygen atoms in total. The average molecular weight is 248 g/mol. The molecule has 0 unspecified atom stereocenters. The van der Waals surface area contributed by atoms with Crippen LogP contribution in [0.3, 0.4) is 0 Å². The quantitative estimate of drug-likeness (QED) is 0.628. The van der Waals surface area contributed by atoms with E-state index >= 15 is 0 Å². The smallest absolute Gasteiger partial charge is 0.304 e. The van der Waals surface area contributed by atoms with Gasteiger partial charge in [-0.05, 0) is 13.8 Å². The van der Waals surface area contributed by atoms with E-state index in [1.807, 2.05) is 0 Å². The van der Waals surface area contributed by atoms with Gasteiger partial charge in [0.15, 0.2) is 0 Å². The topological polar surface area (TPSA) is 86.7 Å². The number of hydrogen-bond acceptors (Lipinski definition) is 3. The predicted octanol–water partition coefficient (Wildman–Crippen LogP) is -0.361. The number of nitrogens with one attached hydrogen (secondary N) is 1. The molecule has 0 aliphatic carbocycles. The minimum Gasteiger partial charge on any atom is -0.481 e. The van der Waals surface area contributed by atoms with Gasteiger partial charge in [0, 0.05) is 13.6 Å². The Kier molecular flexibility index (Phi) is 4.93. The summed E-state index contributed by atoms with van der Waals surface area (Å²) < 4.78 is 26.5. The highest BCUT2D eigenvalue weighted by molar-refractivity contribution is 7.87. The van der Waals surface area contributed by atoms with Crippen molar-refractivity contribution in [2.24, 2.45) is 0 Å². The largest absolute Gasteiger partial charge is 0.481 e. The lowest BCUT2D eigenvalue weighted by Crippen LogP contribution is -2.48. The third kappa shape index (κ3) is 5.11. The molecule has 0 aromatic heterocycles. The predicted molar refractivity (Wildman–Crippen MR) is 59.9 cm³/mol. The van der Waals surface area contributed by atoms with Crippen LogP contribution in [0.4, 0.5) is 0 Å². The standard InChI is InChI=1S/C9H16N2O4S/c1-5-9(2,3)10-16(14,15)11(4)7-6-8(12)13/h1,10H,6-7H2,2-4H3,(H,12,13). The lowest BCUT2D eigenvalue weighted by Gasteiger charge is -2.24. The molecule has 16 heavy (non-hydrogen) atoms. The zero-order valence-corrected chi connectivity index (χ0v) is 10.3. The van der Waals surface area contributed by atoms with Crippen LogP contribution in [0.25, 0.3) is 0 Å². The third-order valence-electron chi connectivity index (χ3n) is 1.80. The van der Waals surface area contributed by atoms with E-state index in [2.05, 4.69) is 10.6 Å². The first-order valence-corrected chi connectivity index (χ1v) is 5.99. The van der Waals surface area contributed by atoms with Gasteiger partial charge in [-0.25, -0.2) is 0 Å². The fraction of sp³-hybridized carbons (Fsp3) is 0.667. The van der Waals surface area contributed by atoms with Crippen molar-refractivity contribution < 1.29 is 18.3 Å². The van der Waals surface area contributed by atoms with Gasteiger partial charge >= 0.3 is 5.97 Å². The summed E-state index contributed by atoms with van der Waals surface area (Å²) in [6.45, 7) is 2.97. The first-order valence-electron chi connectivity index (χ1n) is 4.55. The summed E-state index contributed by atoms with van der Waals surface area (Å²) in [5.74, 6) is 1.23. The molecule has 0 amide bonds. The molecule has 0 bridgehead atoms. The molecule has 7 heteroatoms. The second-order valence-corrected chi connectivity index (χ2v) is 5.62. The number of aliphatic carboxylic acids is 1. The second kappa shape index (κ2) is 5.30. The van der Waals surface area contributed by atoms with Crippen molar-refractivity contribution in [3.63, 3.8) is 0 Å². The van der Waals surface area contributed by atoms with Crippen molar-refractivity contribution >= 4 is 16.2 Å². The van der Waals surface area contributed by atoms with Crippen LogP contribution in [0.1, 0.15) is 20.3 Å². The van der Waals surface area contributed by atoms with Crippen LogP contribution in [-0.2, 0) is 15.0 Å². The summed E-state index contributed by atoms with van der Waals surface area (Å²) in [5, 5.41) is 8.43. The highest BCUT2D eigenvalue weighted by atomic mass is 32.2. The van der Waals surface area contributed by atoms with E-state index in [1.54, 1.807) is 0 Å². The molecule has 92 valence electrons. The van der Waals surface area contributed by atoms with E-state index < -0.39 is 21.7 Å². The van der Waals surface area contributed by atoms with Crippen molar-refractivity contribution in [2.45, 2.75) is 25.8 Å². The summed E-state index contributed by atoms with van der Waals surface area (Å²) in [4.78, 5) is 10.3. The van der Waals surface area contributed by atoms with Crippen LogP contribution >= 0.6 is 0 Å². The fourth-order valence-electron chi connectivity index (χ4n) is 0.803. The molecule has 0 aromatic rings. The van der Waals surface area contributed by atoms with Gasteiger partial charge in [0.1, 0.15) is 0 Å². The normalized spacial score (nSPS) is 12.4. The molecule has 0 saturated carbocycles. The average Bonchev–Trinajstić information content (AvgIpc) is 2.12. The monoisotopic (exact) mass is 248 g/mol. The molecule has 0 saturated heterocycles. The van der Waals surface area contributed by atoms with Gasteiger partial charge in [0.05, 0.1) is 12.0 Å². The Labute approximate surface area is 95.8 Å². The number of hydrogen-bond donors (Lipinski definition) is 2. The first-order chi connectivity index (χ1) is 7.10. The molecule has 0 heterocycles. The van der Waals surface area contributed by atoms with Gasteiger partial charge in [-0.3, -0.25) is 4.79 Å².